The zero-order valence-electron chi connectivity index (χ0n) is 11.1. The fourth-order valence-corrected chi connectivity index (χ4v) is 2.13. The van der Waals surface area contributed by atoms with Crippen LogP contribution in [-0.2, 0) is 0 Å². The zero-order chi connectivity index (χ0) is 15.2. The van der Waals surface area contributed by atoms with Crippen LogP contribution in [0.3, 0.4) is 0 Å². The van der Waals surface area contributed by atoms with Crippen LogP contribution in [0.15, 0.2) is 46.9 Å². The Morgan fingerprint density at radius 3 is 2.62 bits per heavy atom. The minimum absolute atomic E-state index is 0.144. The van der Waals surface area contributed by atoms with Crippen molar-refractivity contribution in [3.63, 3.8) is 0 Å². The standard InChI is InChI=1S/C15H14BrFN2O2/c16-14-12(2-1-3-13(14)17)15(20)19-10-4-6-11(7-5-10)21-9-8-18/h1-7H,8-9,18H2,(H,19,20). The summed E-state index contributed by atoms with van der Waals surface area (Å²) in [4.78, 5) is 12.1. The van der Waals surface area contributed by atoms with E-state index in [0.717, 1.165) is 0 Å². The molecule has 0 aliphatic carbocycles. The first-order valence-corrected chi connectivity index (χ1v) is 7.09. The summed E-state index contributed by atoms with van der Waals surface area (Å²) in [6.45, 7) is 0.869. The van der Waals surface area contributed by atoms with Crippen molar-refractivity contribution in [2.24, 2.45) is 5.73 Å². The second kappa shape index (κ2) is 7.19. The lowest BCUT2D eigenvalue weighted by atomic mass is 10.2. The van der Waals surface area contributed by atoms with Crippen molar-refractivity contribution in [2.75, 3.05) is 18.5 Å². The van der Waals surface area contributed by atoms with Crippen LogP contribution in [0.4, 0.5) is 10.1 Å². The van der Waals surface area contributed by atoms with Crippen LogP contribution in [0, 0.1) is 5.82 Å². The lowest BCUT2D eigenvalue weighted by Crippen LogP contribution is -2.13. The van der Waals surface area contributed by atoms with E-state index in [4.69, 9.17) is 10.5 Å². The Kier molecular flexibility index (Phi) is 5.30. The molecule has 21 heavy (non-hydrogen) atoms. The minimum Gasteiger partial charge on any atom is -0.492 e. The molecule has 110 valence electrons. The van der Waals surface area contributed by atoms with Gasteiger partial charge in [0.15, 0.2) is 0 Å². The van der Waals surface area contributed by atoms with E-state index in [1.165, 1.54) is 12.1 Å². The van der Waals surface area contributed by atoms with E-state index in [1.807, 2.05) is 0 Å². The molecule has 2 aromatic rings. The molecule has 0 spiro atoms. The predicted octanol–water partition coefficient (Wildman–Crippen LogP) is 3.18. The van der Waals surface area contributed by atoms with Crippen LogP contribution in [0.25, 0.3) is 0 Å². The van der Waals surface area contributed by atoms with E-state index in [1.54, 1.807) is 30.3 Å². The van der Waals surface area contributed by atoms with E-state index in [2.05, 4.69) is 21.2 Å². The molecule has 0 saturated heterocycles. The molecule has 0 unspecified atom stereocenters. The largest absolute Gasteiger partial charge is 0.492 e. The number of ether oxygens (including phenoxy) is 1. The number of carbonyl (C=O) groups is 1. The number of anilines is 1. The van der Waals surface area contributed by atoms with Gasteiger partial charge in [-0.1, -0.05) is 6.07 Å². The van der Waals surface area contributed by atoms with Crippen molar-refractivity contribution in [3.8, 4) is 5.75 Å². The van der Waals surface area contributed by atoms with Gasteiger partial charge >= 0.3 is 0 Å². The number of rotatable bonds is 5. The number of hydrogen-bond donors (Lipinski definition) is 2. The van der Waals surface area contributed by atoms with Gasteiger partial charge in [0, 0.05) is 12.2 Å². The van der Waals surface area contributed by atoms with Gasteiger partial charge in [0.25, 0.3) is 5.91 Å². The fraction of sp³-hybridized carbons (Fsp3) is 0.133. The highest BCUT2D eigenvalue weighted by Crippen LogP contribution is 2.22. The normalized spacial score (nSPS) is 10.2. The Morgan fingerprint density at radius 2 is 1.95 bits per heavy atom. The summed E-state index contributed by atoms with van der Waals surface area (Å²) in [6.07, 6.45) is 0. The maximum absolute atomic E-state index is 13.4. The molecule has 0 aliphatic heterocycles. The predicted molar refractivity (Wildman–Crippen MR) is 83.0 cm³/mol. The van der Waals surface area contributed by atoms with Crippen LogP contribution in [-0.4, -0.2) is 19.1 Å². The maximum Gasteiger partial charge on any atom is 0.256 e. The second-order valence-electron chi connectivity index (χ2n) is 4.22. The molecule has 0 atom stereocenters. The maximum atomic E-state index is 13.4. The van der Waals surface area contributed by atoms with Crippen molar-refractivity contribution in [2.45, 2.75) is 0 Å². The Labute approximate surface area is 130 Å². The first kappa shape index (κ1) is 15.5. The lowest BCUT2D eigenvalue weighted by Gasteiger charge is -2.09. The number of nitrogens with one attached hydrogen (secondary N) is 1. The zero-order valence-corrected chi connectivity index (χ0v) is 12.7. The number of nitrogens with two attached hydrogens (primary N) is 1. The van der Waals surface area contributed by atoms with Gasteiger partial charge in [0.1, 0.15) is 18.2 Å². The first-order chi connectivity index (χ1) is 10.1. The Balaban J connectivity index is 2.07. The molecule has 2 aromatic carbocycles. The molecule has 0 heterocycles. The van der Waals surface area contributed by atoms with E-state index < -0.39 is 11.7 Å². The number of halogens is 2. The van der Waals surface area contributed by atoms with E-state index >= 15 is 0 Å². The highest BCUT2D eigenvalue weighted by Gasteiger charge is 2.13. The molecule has 2 rings (SSSR count). The molecule has 4 nitrogen and oxygen atoms in total. The summed E-state index contributed by atoms with van der Waals surface area (Å²) >= 11 is 3.07. The molecule has 1 amide bonds. The van der Waals surface area contributed by atoms with E-state index in [9.17, 15) is 9.18 Å². The molecule has 0 aliphatic rings. The molecule has 0 bridgehead atoms. The summed E-state index contributed by atoms with van der Waals surface area (Å²) < 4.78 is 18.9. The van der Waals surface area contributed by atoms with Gasteiger partial charge in [0.2, 0.25) is 0 Å². The Bertz CT molecular complexity index is 632. The highest BCUT2D eigenvalue weighted by atomic mass is 79.9. The topological polar surface area (TPSA) is 64.3 Å². The monoisotopic (exact) mass is 352 g/mol. The Morgan fingerprint density at radius 1 is 1.24 bits per heavy atom. The smallest absolute Gasteiger partial charge is 0.256 e. The van der Waals surface area contributed by atoms with E-state index in [0.29, 0.717) is 24.6 Å². The van der Waals surface area contributed by atoms with Crippen molar-refractivity contribution >= 4 is 27.5 Å². The molecular formula is C15H14BrFN2O2. The molecule has 0 radical (unpaired) electrons. The number of hydrogen-bond acceptors (Lipinski definition) is 3. The first-order valence-electron chi connectivity index (χ1n) is 6.30. The van der Waals surface area contributed by atoms with Crippen LogP contribution < -0.4 is 15.8 Å². The molecular weight excluding hydrogens is 339 g/mol. The molecule has 0 fully saturated rings. The fourth-order valence-electron chi connectivity index (χ4n) is 1.69. The van der Waals surface area contributed by atoms with Crippen molar-refractivity contribution < 1.29 is 13.9 Å². The summed E-state index contributed by atoms with van der Waals surface area (Å²) in [6, 6.07) is 11.2. The average molecular weight is 353 g/mol. The number of benzene rings is 2. The SMILES string of the molecule is NCCOc1ccc(NC(=O)c2cccc(F)c2Br)cc1. The Hall–Kier alpha value is -1.92. The lowest BCUT2D eigenvalue weighted by molar-refractivity contribution is 0.102. The molecule has 0 saturated carbocycles. The van der Waals surface area contributed by atoms with Crippen molar-refractivity contribution in [1.29, 1.82) is 0 Å². The second-order valence-corrected chi connectivity index (χ2v) is 5.01. The average Bonchev–Trinajstić information content (AvgIpc) is 2.49. The third-order valence-electron chi connectivity index (χ3n) is 2.69. The quantitative estimate of drug-likeness (QED) is 0.868. The number of amides is 1. The van der Waals surface area contributed by atoms with Crippen molar-refractivity contribution in [1.82, 2.24) is 0 Å². The minimum atomic E-state index is -0.479. The van der Waals surface area contributed by atoms with Gasteiger partial charge in [-0.15, -0.1) is 0 Å². The molecule has 3 N–H and O–H groups in total. The van der Waals surface area contributed by atoms with Gasteiger partial charge in [-0.2, -0.15) is 0 Å². The van der Waals surface area contributed by atoms with Crippen molar-refractivity contribution in [3.05, 3.63) is 58.3 Å². The number of carbonyl (C=O) groups excluding carboxylic acids is 1. The summed E-state index contributed by atoms with van der Waals surface area (Å²) in [5.74, 6) is -0.199. The summed E-state index contributed by atoms with van der Waals surface area (Å²) in [5, 5.41) is 2.69. The van der Waals surface area contributed by atoms with Gasteiger partial charge in [-0.3, -0.25) is 4.79 Å². The molecule has 0 aromatic heterocycles. The van der Waals surface area contributed by atoms with Gasteiger partial charge in [-0.05, 0) is 52.3 Å². The van der Waals surface area contributed by atoms with Gasteiger partial charge < -0.3 is 15.8 Å². The summed E-state index contributed by atoms with van der Waals surface area (Å²) in [5.41, 5.74) is 6.17. The molecule has 6 heteroatoms. The van der Waals surface area contributed by atoms with Crippen LogP contribution in [0.2, 0.25) is 0 Å². The third kappa shape index (κ3) is 4.03. The van der Waals surface area contributed by atoms with Crippen LogP contribution in [0.1, 0.15) is 10.4 Å². The van der Waals surface area contributed by atoms with Gasteiger partial charge in [-0.25, -0.2) is 4.39 Å². The van der Waals surface area contributed by atoms with Gasteiger partial charge in [0.05, 0.1) is 10.0 Å². The highest BCUT2D eigenvalue weighted by molar-refractivity contribution is 9.10. The third-order valence-corrected chi connectivity index (χ3v) is 3.50. The van der Waals surface area contributed by atoms with Crippen LogP contribution >= 0.6 is 15.9 Å². The van der Waals surface area contributed by atoms with Crippen LogP contribution in [0.5, 0.6) is 5.75 Å². The summed E-state index contributed by atoms with van der Waals surface area (Å²) in [7, 11) is 0. The van der Waals surface area contributed by atoms with E-state index in [-0.39, 0.29) is 10.0 Å².